The SMILES string of the molecule is O=C(/C=C/c1ccccc1Br)Nc1ncn(Cc2ccccc2)n1. The molecular formula is C18H15BrN4O. The number of carbonyl (C=O) groups excluding carboxylic acids is 1. The van der Waals surface area contributed by atoms with E-state index < -0.39 is 0 Å². The summed E-state index contributed by atoms with van der Waals surface area (Å²) in [6, 6.07) is 17.6. The predicted octanol–water partition coefficient (Wildman–Crippen LogP) is 3.74. The minimum atomic E-state index is -0.275. The van der Waals surface area contributed by atoms with Gasteiger partial charge in [-0.25, -0.2) is 9.67 Å². The lowest BCUT2D eigenvalue weighted by Crippen LogP contribution is -2.10. The van der Waals surface area contributed by atoms with Gasteiger partial charge in [0.15, 0.2) is 0 Å². The summed E-state index contributed by atoms with van der Waals surface area (Å²) >= 11 is 3.44. The fourth-order valence-corrected chi connectivity index (χ4v) is 2.54. The van der Waals surface area contributed by atoms with Crippen LogP contribution in [0.3, 0.4) is 0 Å². The summed E-state index contributed by atoms with van der Waals surface area (Å²) in [6.07, 6.45) is 4.79. The van der Waals surface area contributed by atoms with Crippen LogP contribution in [0.4, 0.5) is 5.95 Å². The topological polar surface area (TPSA) is 59.8 Å². The molecule has 0 saturated carbocycles. The molecule has 0 fully saturated rings. The van der Waals surface area contributed by atoms with Crippen molar-refractivity contribution in [2.45, 2.75) is 6.54 Å². The molecule has 3 aromatic rings. The maximum atomic E-state index is 12.0. The smallest absolute Gasteiger partial charge is 0.250 e. The Morgan fingerprint density at radius 3 is 2.67 bits per heavy atom. The number of benzene rings is 2. The fourth-order valence-electron chi connectivity index (χ4n) is 2.13. The van der Waals surface area contributed by atoms with Crippen LogP contribution in [0.1, 0.15) is 11.1 Å². The first-order valence-electron chi connectivity index (χ1n) is 7.38. The summed E-state index contributed by atoms with van der Waals surface area (Å²) in [4.78, 5) is 16.1. The Labute approximate surface area is 148 Å². The molecule has 2 aromatic carbocycles. The third-order valence-corrected chi connectivity index (χ3v) is 4.00. The number of rotatable bonds is 5. The molecule has 24 heavy (non-hydrogen) atoms. The van der Waals surface area contributed by atoms with Crippen LogP contribution in [0.2, 0.25) is 0 Å². The number of halogens is 1. The average Bonchev–Trinajstić information content (AvgIpc) is 3.02. The van der Waals surface area contributed by atoms with Crippen molar-refractivity contribution in [3.63, 3.8) is 0 Å². The first-order chi connectivity index (χ1) is 11.7. The molecule has 0 radical (unpaired) electrons. The monoisotopic (exact) mass is 382 g/mol. The van der Waals surface area contributed by atoms with Crippen molar-refractivity contribution in [1.82, 2.24) is 14.8 Å². The van der Waals surface area contributed by atoms with Crippen LogP contribution < -0.4 is 5.32 Å². The van der Waals surface area contributed by atoms with Crippen LogP contribution in [-0.4, -0.2) is 20.7 Å². The van der Waals surface area contributed by atoms with Crippen molar-refractivity contribution >= 4 is 33.9 Å². The highest BCUT2D eigenvalue weighted by molar-refractivity contribution is 9.10. The number of hydrogen-bond acceptors (Lipinski definition) is 3. The van der Waals surface area contributed by atoms with Crippen LogP contribution in [0.15, 0.2) is 71.5 Å². The van der Waals surface area contributed by atoms with Gasteiger partial charge in [0.05, 0.1) is 6.54 Å². The van der Waals surface area contributed by atoms with Crippen molar-refractivity contribution in [2.75, 3.05) is 5.32 Å². The van der Waals surface area contributed by atoms with Gasteiger partial charge in [-0.2, -0.15) is 0 Å². The minimum absolute atomic E-state index is 0.275. The lowest BCUT2D eigenvalue weighted by molar-refractivity contribution is -0.111. The van der Waals surface area contributed by atoms with E-state index in [4.69, 9.17) is 0 Å². The predicted molar refractivity (Wildman–Crippen MR) is 97.4 cm³/mol. The number of anilines is 1. The standard InChI is InChI=1S/C18H15BrN4O/c19-16-9-5-4-8-15(16)10-11-17(24)21-18-20-13-23(22-18)12-14-6-2-1-3-7-14/h1-11,13H,12H2,(H,21,22,24)/b11-10+. The summed E-state index contributed by atoms with van der Waals surface area (Å²) in [5.41, 5.74) is 2.05. The molecule has 0 aliphatic heterocycles. The highest BCUT2D eigenvalue weighted by Crippen LogP contribution is 2.17. The van der Waals surface area contributed by atoms with Gasteiger partial charge in [0.2, 0.25) is 5.95 Å². The Morgan fingerprint density at radius 2 is 1.88 bits per heavy atom. The van der Waals surface area contributed by atoms with Crippen LogP contribution >= 0.6 is 15.9 Å². The lowest BCUT2D eigenvalue weighted by atomic mass is 10.2. The third-order valence-electron chi connectivity index (χ3n) is 3.28. The van der Waals surface area contributed by atoms with Gasteiger partial charge in [0, 0.05) is 10.5 Å². The van der Waals surface area contributed by atoms with Crippen LogP contribution in [0, 0.1) is 0 Å². The maximum absolute atomic E-state index is 12.0. The zero-order valence-corrected chi connectivity index (χ0v) is 14.3. The highest BCUT2D eigenvalue weighted by atomic mass is 79.9. The van der Waals surface area contributed by atoms with Gasteiger partial charge in [-0.3, -0.25) is 10.1 Å². The molecular weight excluding hydrogens is 368 g/mol. The van der Waals surface area contributed by atoms with Gasteiger partial charge in [0.25, 0.3) is 5.91 Å². The Kier molecular flexibility index (Phi) is 5.18. The second-order valence-corrected chi connectivity index (χ2v) is 5.95. The molecule has 120 valence electrons. The second-order valence-electron chi connectivity index (χ2n) is 5.10. The van der Waals surface area contributed by atoms with Gasteiger partial charge in [-0.15, -0.1) is 5.10 Å². The van der Waals surface area contributed by atoms with Crippen LogP contribution in [-0.2, 0) is 11.3 Å². The molecule has 0 aliphatic carbocycles. The molecule has 6 heteroatoms. The minimum Gasteiger partial charge on any atom is -0.290 e. The molecule has 0 bridgehead atoms. The summed E-state index contributed by atoms with van der Waals surface area (Å²) in [7, 11) is 0. The second kappa shape index (κ2) is 7.70. The molecule has 1 amide bonds. The number of nitrogens with one attached hydrogen (secondary N) is 1. The third kappa shape index (κ3) is 4.39. The molecule has 0 atom stereocenters. The van der Waals surface area contributed by atoms with Gasteiger partial charge >= 0.3 is 0 Å². The summed E-state index contributed by atoms with van der Waals surface area (Å²) in [6.45, 7) is 0.608. The van der Waals surface area contributed by atoms with Crippen LogP contribution in [0.5, 0.6) is 0 Å². The summed E-state index contributed by atoms with van der Waals surface area (Å²) < 4.78 is 2.61. The van der Waals surface area contributed by atoms with Crippen molar-refractivity contribution < 1.29 is 4.79 Å². The van der Waals surface area contributed by atoms with Crippen molar-refractivity contribution in [3.8, 4) is 0 Å². The molecule has 0 saturated heterocycles. The van der Waals surface area contributed by atoms with Crippen molar-refractivity contribution in [2.24, 2.45) is 0 Å². The van der Waals surface area contributed by atoms with Gasteiger partial charge in [-0.1, -0.05) is 64.5 Å². The molecule has 1 aromatic heterocycles. The zero-order valence-electron chi connectivity index (χ0n) is 12.8. The quantitative estimate of drug-likeness (QED) is 0.683. The van der Waals surface area contributed by atoms with Gasteiger partial charge in [-0.05, 0) is 23.3 Å². The van der Waals surface area contributed by atoms with E-state index in [0.717, 1.165) is 15.6 Å². The maximum Gasteiger partial charge on any atom is 0.250 e. The molecule has 1 heterocycles. The first kappa shape index (κ1) is 16.1. The molecule has 1 N–H and O–H groups in total. The fraction of sp³-hybridized carbons (Fsp3) is 0.0556. The molecule has 5 nitrogen and oxygen atoms in total. The van der Waals surface area contributed by atoms with E-state index in [0.29, 0.717) is 6.54 Å². The van der Waals surface area contributed by atoms with E-state index in [2.05, 4.69) is 31.3 Å². The summed E-state index contributed by atoms with van der Waals surface area (Å²) in [5.74, 6) is 0.0101. The zero-order chi connectivity index (χ0) is 16.8. The number of aromatic nitrogens is 3. The van der Waals surface area contributed by atoms with Gasteiger partial charge in [0.1, 0.15) is 6.33 Å². The number of hydrogen-bond donors (Lipinski definition) is 1. The number of nitrogens with zero attached hydrogens (tertiary/aromatic N) is 3. The van der Waals surface area contributed by atoms with E-state index in [1.807, 2.05) is 54.6 Å². The van der Waals surface area contributed by atoms with E-state index in [1.165, 1.54) is 6.08 Å². The molecule has 0 aliphatic rings. The number of carbonyl (C=O) groups is 1. The largest absolute Gasteiger partial charge is 0.290 e. The van der Waals surface area contributed by atoms with E-state index in [9.17, 15) is 4.79 Å². The number of amides is 1. The van der Waals surface area contributed by atoms with Gasteiger partial charge < -0.3 is 0 Å². The molecule has 0 spiro atoms. The Hall–Kier alpha value is -2.73. The van der Waals surface area contributed by atoms with E-state index in [-0.39, 0.29) is 11.9 Å². The lowest BCUT2D eigenvalue weighted by Gasteiger charge is -2.00. The van der Waals surface area contributed by atoms with E-state index >= 15 is 0 Å². The van der Waals surface area contributed by atoms with E-state index in [1.54, 1.807) is 17.1 Å². The molecule has 3 rings (SSSR count). The van der Waals surface area contributed by atoms with Crippen molar-refractivity contribution in [1.29, 1.82) is 0 Å². The Morgan fingerprint density at radius 1 is 1.12 bits per heavy atom. The first-order valence-corrected chi connectivity index (χ1v) is 8.17. The Bertz CT molecular complexity index is 858. The highest BCUT2D eigenvalue weighted by Gasteiger charge is 2.04. The van der Waals surface area contributed by atoms with Crippen molar-refractivity contribution in [3.05, 3.63) is 82.6 Å². The summed E-state index contributed by atoms with van der Waals surface area (Å²) in [5, 5.41) is 6.90. The Balaban J connectivity index is 1.60. The van der Waals surface area contributed by atoms with Crippen LogP contribution in [0.25, 0.3) is 6.08 Å². The average molecular weight is 383 g/mol. The molecule has 0 unspecified atom stereocenters. The normalized spacial score (nSPS) is 10.9.